The molecule has 0 aliphatic carbocycles. The Kier molecular flexibility index (Phi) is 3.74. The average Bonchev–Trinajstić information content (AvgIpc) is 2.77. The Bertz CT molecular complexity index is 587. The molecular weight excluding hydrogens is 230 g/mol. The molecule has 2 aromatic rings. The van der Waals surface area contributed by atoms with Crippen molar-refractivity contribution in [2.75, 3.05) is 0 Å². The lowest BCUT2D eigenvalue weighted by atomic mass is 10.1. The number of carbonyl (C=O) groups is 1. The van der Waals surface area contributed by atoms with Gasteiger partial charge in [0.25, 0.3) is 5.91 Å². The van der Waals surface area contributed by atoms with Gasteiger partial charge in [-0.05, 0) is 30.2 Å². The third-order valence-corrected chi connectivity index (χ3v) is 2.57. The summed E-state index contributed by atoms with van der Waals surface area (Å²) in [7, 11) is 0. The van der Waals surface area contributed by atoms with Crippen LogP contribution in [0.15, 0.2) is 30.5 Å². The molecule has 5 heteroatoms. The molecule has 0 aliphatic rings. The second-order valence-electron chi connectivity index (χ2n) is 4.02. The Balaban J connectivity index is 2.26. The van der Waals surface area contributed by atoms with Crippen molar-refractivity contribution >= 4 is 22.9 Å². The zero-order valence-electron chi connectivity index (χ0n) is 10.1. The SMILES string of the molecule is CCCn1cc2cc(/C=C/C(=O)NO)ccc2n1. The van der Waals surface area contributed by atoms with Crippen molar-refractivity contribution in [1.82, 2.24) is 15.3 Å². The smallest absolute Gasteiger partial charge is 0.267 e. The number of aromatic nitrogens is 2. The van der Waals surface area contributed by atoms with E-state index in [4.69, 9.17) is 5.21 Å². The topological polar surface area (TPSA) is 67.2 Å². The van der Waals surface area contributed by atoms with Gasteiger partial charge in [-0.15, -0.1) is 0 Å². The number of aryl methyl sites for hydroxylation is 1. The number of nitrogens with one attached hydrogen (secondary N) is 1. The van der Waals surface area contributed by atoms with Gasteiger partial charge in [-0.3, -0.25) is 14.7 Å². The largest absolute Gasteiger partial charge is 0.288 e. The number of amides is 1. The van der Waals surface area contributed by atoms with Gasteiger partial charge in [0.1, 0.15) is 0 Å². The number of nitrogens with zero attached hydrogens (tertiary/aromatic N) is 2. The number of hydrogen-bond donors (Lipinski definition) is 2. The normalized spacial score (nSPS) is 11.2. The van der Waals surface area contributed by atoms with Crippen LogP contribution in [0.1, 0.15) is 18.9 Å². The van der Waals surface area contributed by atoms with Crippen LogP contribution in [-0.4, -0.2) is 20.9 Å². The van der Waals surface area contributed by atoms with E-state index < -0.39 is 5.91 Å². The molecule has 5 nitrogen and oxygen atoms in total. The summed E-state index contributed by atoms with van der Waals surface area (Å²) in [6.45, 7) is 3.00. The molecule has 2 rings (SSSR count). The zero-order valence-corrected chi connectivity index (χ0v) is 10.1. The summed E-state index contributed by atoms with van der Waals surface area (Å²) in [5, 5.41) is 13.8. The second-order valence-corrected chi connectivity index (χ2v) is 4.02. The first-order chi connectivity index (χ1) is 8.72. The van der Waals surface area contributed by atoms with E-state index in [-0.39, 0.29) is 0 Å². The molecule has 1 amide bonds. The molecule has 0 fully saturated rings. The van der Waals surface area contributed by atoms with Gasteiger partial charge in [0.2, 0.25) is 0 Å². The highest BCUT2D eigenvalue weighted by Crippen LogP contribution is 2.15. The van der Waals surface area contributed by atoms with E-state index >= 15 is 0 Å². The number of rotatable bonds is 4. The van der Waals surface area contributed by atoms with Crippen LogP contribution in [-0.2, 0) is 11.3 Å². The quantitative estimate of drug-likeness (QED) is 0.491. The van der Waals surface area contributed by atoms with Crippen molar-refractivity contribution in [1.29, 1.82) is 0 Å². The van der Waals surface area contributed by atoms with Gasteiger partial charge < -0.3 is 0 Å². The molecule has 0 saturated carbocycles. The third kappa shape index (κ3) is 2.75. The minimum absolute atomic E-state index is 0.545. The molecule has 1 aromatic heterocycles. The maximum Gasteiger partial charge on any atom is 0.267 e. The Morgan fingerprint density at radius 1 is 1.56 bits per heavy atom. The molecule has 94 valence electrons. The fourth-order valence-corrected chi connectivity index (χ4v) is 1.75. The van der Waals surface area contributed by atoms with Gasteiger partial charge in [0.15, 0.2) is 0 Å². The summed E-state index contributed by atoms with van der Waals surface area (Å²) >= 11 is 0. The van der Waals surface area contributed by atoms with Crippen LogP contribution < -0.4 is 5.48 Å². The van der Waals surface area contributed by atoms with Gasteiger partial charge in [-0.25, -0.2) is 5.48 Å². The summed E-state index contributed by atoms with van der Waals surface area (Å²) in [5.41, 5.74) is 3.38. The highest BCUT2D eigenvalue weighted by molar-refractivity contribution is 5.91. The molecule has 0 spiro atoms. The van der Waals surface area contributed by atoms with Crippen molar-refractivity contribution < 1.29 is 10.0 Å². The first-order valence-corrected chi connectivity index (χ1v) is 5.82. The first kappa shape index (κ1) is 12.3. The summed E-state index contributed by atoms with van der Waals surface area (Å²) in [6.07, 6.45) is 5.94. The monoisotopic (exact) mass is 245 g/mol. The van der Waals surface area contributed by atoms with Crippen LogP contribution in [0, 0.1) is 0 Å². The van der Waals surface area contributed by atoms with Gasteiger partial charge in [0.05, 0.1) is 5.52 Å². The lowest BCUT2D eigenvalue weighted by Crippen LogP contribution is -2.14. The molecule has 1 heterocycles. The predicted molar refractivity (Wildman–Crippen MR) is 69.0 cm³/mol. The first-order valence-electron chi connectivity index (χ1n) is 5.82. The molecule has 1 aromatic carbocycles. The van der Waals surface area contributed by atoms with Crippen molar-refractivity contribution in [2.24, 2.45) is 0 Å². The van der Waals surface area contributed by atoms with E-state index in [0.717, 1.165) is 29.4 Å². The minimum atomic E-state index is -0.545. The molecule has 0 aliphatic heterocycles. The third-order valence-electron chi connectivity index (χ3n) is 2.57. The maximum atomic E-state index is 10.9. The van der Waals surface area contributed by atoms with Crippen molar-refractivity contribution in [2.45, 2.75) is 19.9 Å². The van der Waals surface area contributed by atoms with Crippen LogP contribution >= 0.6 is 0 Å². The van der Waals surface area contributed by atoms with Gasteiger partial charge in [-0.1, -0.05) is 13.0 Å². The van der Waals surface area contributed by atoms with E-state index in [0.29, 0.717) is 0 Å². The number of carbonyl (C=O) groups excluding carboxylic acids is 1. The van der Waals surface area contributed by atoms with Crippen molar-refractivity contribution in [3.8, 4) is 0 Å². The molecule has 2 N–H and O–H groups in total. The van der Waals surface area contributed by atoms with Crippen LogP contribution in [0.2, 0.25) is 0 Å². The van der Waals surface area contributed by atoms with Crippen LogP contribution in [0.25, 0.3) is 17.0 Å². The fourth-order valence-electron chi connectivity index (χ4n) is 1.75. The summed E-state index contributed by atoms with van der Waals surface area (Å²) in [5.74, 6) is -0.545. The number of hydrogen-bond acceptors (Lipinski definition) is 3. The summed E-state index contributed by atoms with van der Waals surface area (Å²) in [4.78, 5) is 10.9. The van der Waals surface area contributed by atoms with Crippen molar-refractivity contribution in [3.05, 3.63) is 36.0 Å². The predicted octanol–water partition coefficient (Wildman–Crippen LogP) is 1.96. The minimum Gasteiger partial charge on any atom is -0.288 e. The Morgan fingerprint density at radius 2 is 2.39 bits per heavy atom. The zero-order chi connectivity index (χ0) is 13.0. The van der Waals surface area contributed by atoms with Crippen LogP contribution in [0.3, 0.4) is 0 Å². The van der Waals surface area contributed by atoms with Crippen LogP contribution in [0.5, 0.6) is 0 Å². The molecule has 18 heavy (non-hydrogen) atoms. The number of hydroxylamine groups is 1. The molecule has 0 radical (unpaired) electrons. The Hall–Kier alpha value is -2.14. The second kappa shape index (κ2) is 5.46. The summed E-state index contributed by atoms with van der Waals surface area (Å²) < 4.78 is 1.92. The maximum absolute atomic E-state index is 10.9. The standard InChI is InChI=1S/C13H15N3O2/c1-2-7-16-9-11-8-10(3-5-12(11)14-16)4-6-13(17)15-18/h3-6,8-9,18H,2,7H2,1H3,(H,15,17)/b6-4+. The number of fused-ring (bicyclic) bond motifs is 1. The van der Waals surface area contributed by atoms with E-state index in [1.165, 1.54) is 6.08 Å². The Labute approximate surface area is 105 Å². The summed E-state index contributed by atoms with van der Waals surface area (Å²) in [6, 6.07) is 5.75. The lowest BCUT2D eigenvalue weighted by molar-refractivity contribution is -0.124. The average molecular weight is 245 g/mol. The van der Waals surface area contributed by atoms with E-state index in [2.05, 4.69) is 12.0 Å². The van der Waals surface area contributed by atoms with E-state index in [1.807, 2.05) is 29.1 Å². The molecule has 0 unspecified atom stereocenters. The van der Waals surface area contributed by atoms with E-state index in [1.54, 1.807) is 11.6 Å². The van der Waals surface area contributed by atoms with Gasteiger partial charge in [-0.2, -0.15) is 5.10 Å². The lowest BCUT2D eigenvalue weighted by Gasteiger charge is -1.93. The molecule has 0 atom stereocenters. The number of benzene rings is 1. The molecular formula is C13H15N3O2. The fraction of sp³-hybridized carbons (Fsp3) is 0.231. The van der Waals surface area contributed by atoms with Crippen molar-refractivity contribution in [3.63, 3.8) is 0 Å². The van der Waals surface area contributed by atoms with Gasteiger partial charge in [0, 0.05) is 24.2 Å². The molecule has 0 saturated heterocycles. The van der Waals surface area contributed by atoms with E-state index in [9.17, 15) is 4.79 Å². The highest BCUT2D eigenvalue weighted by Gasteiger charge is 2.00. The van der Waals surface area contributed by atoms with Crippen LogP contribution in [0.4, 0.5) is 0 Å². The van der Waals surface area contributed by atoms with Gasteiger partial charge >= 0.3 is 0 Å². The molecule has 0 bridgehead atoms. The highest BCUT2D eigenvalue weighted by atomic mass is 16.5. The Morgan fingerprint density at radius 3 is 3.11 bits per heavy atom.